The van der Waals surface area contributed by atoms with Gasteiger partial charge in [0.25, 0.3) is 5.91 Å². The molecule has 0 N–H and O–H groups in total. The number of piperidine rings is 3. The summed E-state index contributed by atoms with van der Waals surface area (Å²) in [5, 5.41) is 0. The van der Waals surface area contributed by atoms with Crippen LogP contribution in [0.25, 0.3) is 0 Å². The molecule has 0 bridgehead atoms. The molecule has 3 fully saturated rings. The highest BCUT2D eigenvalue weighted by Gasteiger charge is 2.33. The van der Waals surface area contributed by atoms with Gasteiger partial charge in [-0.1, -0.05) is 6.42 Å². The molecule has 1 aromatic heterocycles. The van der Waals surface area contributed by atoms with Crippen molar-refractivity contribution < 1.29 is 13.2 Å². The van der Waals surface area contributed by atoms with E-state index in [1.807, 2.05) is 24.0 Å². The maximum absolute atomic E-state index is 13.5. The lowest BCUT2D eigenvalue weighted by atomic mass is 9.90. The summed E-state index contributed by atoms with van der Waals surface area (Å²) in [6.45, 7) is 8.68. The maximum Gasteiger partial charge on any atom is 0.255 e. The number of nitrogens with zero attached hydrogens (tertiary/aromatic N) is 4. The summed E-state index contributed by atoms with van der Waals surface area (Å²) < 4.78 is 26.0. The number of carbonyl (C=O) groups excluding carboxylic acids is 1. The van der Waals surface area contributed by atoms with Crippen molar-refractivity contribution in [2.45, 2.75) is 70.8 Å². The zero-order valence-corrected chi connectivity index (χ0v) is 20.4. The zero-order valence-electron chi connectivity index (χ0n) is 19.6. The predicted octanol–water partition coefficient (Wildman–Crippen LogP) is 3.01. The van der Waals surface area contributed by atoms with Crippen LogP contribution in [-0.4, -0.2) is 84.5 Å². The van der Waals surface area contributed by atoms with Gasteiger partial charge < -0.3 is 9.80 Å². The minimum absolute atomic E-state index is 0.0909. The van der Waals surface area contributed by atoms with E-state index < -0.39 is 10.0 Å². The number of hydrogen-bond acceptors (Lipinski definition) is 5. The Hall–Kier alpha value is -1.51. The van der Waals surface area contributed by atoms with Crippen LogP contribution in [0.5, 0.6) is 0 Å². The summed E-state index contributed by atoms with van der Waals surface area (Å²) >= 11 is 0. The number of pyridine rings is 1. The molecule has 8 heteroatoms. The van der Waals surface area contributed by atoms with Crippen LogP contribution >= 0.6 is 0 Å². The summed E-state index contributed by atoms with van der Waals surface area (Å²) in [5.41, 5.74) is 2.48. The van der Waals surface area contributed by atoms with Crippen LogP contribution in [0, 0.1) is 6.92 Å². The Kier molecular flexibility index (Phi) is 7.52. The Balaban J connectivity index is 1.43. The van der Waals surface area contributed by atoms with E-state index in [-0.39, 0.29) is 17.6 Å². The number of likely N-dealkylation sites (tertiary alicyclic amines) is 2. The first-order chi connectivity index (χ1) is 15.4. The van der Waals surface area contributed by atoms with Crippen LogP contribution < -0.4 is 0 Å². The van der Waals surface area contributed by atoms with Gasteiger partial charge in [-0.3, -0.25) is 9.78 Å². The quantitative estimate of drug-likeness (QED) is 0.673. The van der Waals surface area contributed by atoms with Gasteiger partial charge >= 0.3 is 0 Å². The molecule has 3 aliphatic heterocycles. The second kappa shape index (κ2) is 10.2. The highest BCUT2D eigenvalue weighted by molar-refractivity contribution is 7.89. The third kappa shape index (κ3) is 5.18. The SMILES string of the molecule is CCS(=O)(=O)N1CCC(c2nc(C)ccc2C(=O)N2CCC(N3CCCCC3)CC2)CC1. The largest absolute Gasteiger partial charge is 0.338 e. The van der Waals surface area contributed by atoms with Crippen LogP contribution in [0.3, 0.4) is 0 Å². The van der Waals surface area contributed by atoms with Crippen LogP contribution in [0.15, 0.2) is 12.1 Å². The Morgan fingerprint density at radius 3 is 2.25 bits per heavy atom. The number of aryl methyl sites for hydroxylation is 1. The molecule has 4 rings (SSSR count). The lowest BCUT2D eigenvalue weighted by Crippen LogP contribution is -2.48. The molecule has 0 atom stereocenters. The lowest BCUT2D eigenvalue weighted by Gasteiger charge is -2.40. The fraction of sp³-hybridized carbons (Fsp3) is 0.750. The first kappa shape index (κ1) is 23.6. The summed E-state index contributed by atoms with van der Waals surface area (Å²) in [5.74, 6) is 0.355. The first-order valence-corrected chi connectivity index (χ1v) is 14.0. The van der Waals surface area contributed by atoms with E-state index in [2.05, 4.69) is 4.90 Å². The maximum atomic E-state index is 13.5. The van der Waals surface area contributed by atoms with E-state index in [1.165, 1.54) is 32.4 Å². The van der Waals surface area contributed by atoms with E-state index in [1.54, 1.807) is 11.2 Å². The normalized spacial score (nSPS) is 22.9. The zero-order chi connectivity index (χ0) is 22.7. The van der Waals surface area contributed by atoms with E-state index in [9.17, 15) is 13.2 Å². The molecule has 0 radical (unpaired) electrons. The number of rotatable bonds is 5. The Morgan fingerprint density at radius 2 is 1.62 bits per heavy atom. The number of sulfonamides is 1. The van der Waals surface area contributed by atoms with Gasteiger partial charge in [-0.15, -0.1) is 0 Å². The van der Waals surface area contributed by atoms with Gasteiger partial charge in [-0.05, 0) is 77.6 Å². The molecule has 0 aliphatic carbocycles. The smallest absolute Gasteiger partial charge is 0.255 e. The molecule has 0 aromatic carbocycles. The molecule has 0 spiro atoms. The summed E-state index contributed by atoms with van der Waals surface area (Å²) in [4.78, 5) is 22.9. The second-order valence-corrected chi connectivity index (χ2v) is 11.8. The van der Waals surface area contributed by atoms with Gasteiger partial charge in [0.1, 0.15) is 0 Å². The van der Waals surface area contributed by atoms with Crippen molar-refractivity contribution in [1.29, 1.82) is 0 Å². The average Bonchev–Trinajstić information content (AvgIpc) is 2.84. The molecule has 7 nitrogen and oxygen atoms in total. The lowest BCUT2D eigenvalue weighted by molar-refractivity contribution is 0.0587. The topological polar surface area (TPSA) is 73.8 Å². The van der Waals surface area contributed by atoms with E-state index in [4.69, 9.17) is 4.98 Å². The second-order valence-electron chi connectivity index (χ2n) is 9.58. The fourth-order valence-corrected chi connectivity index (χ4v) is 6.68. The monoisotopic (exact) mass is 462 g/mol. The molecule has 32 heavy (non-hydrogen) atoms. The highest BCUT2D eigenvalue weighted by atomic mass is 32.2. The van der Waals surface area contributed by atoms with Crippen LogP contribution in [0.1, 0.15) is 79.5 Å². The number of amides is 1. The van der Waals surface area contributed by atoms with Crippen LogP contribution in [0.4, 0.5) is 0 Å². The van der Waals surface area contributed by atoms with E-state index in [0.29, 0.717) is 37.5 Å². The molecule has 3 saturated heterocycles. The molecule has 4 heterocycles. The van der Waals surface area contributed by atoms with Gasteiger partial charge in [0.15, 0.2) is 0 Å². The summed E-state index contributed by atoms with van der Waals surface area (Å²) in [6, 6.07) is 4.47. The van der Waals surface area contributed by atoms with Crippen molar-refractivity contribution in [3.05, 3.63) is 29.1 Å². The number of hydrogen-bond donors (Lipinski definition) is 0. The fourth-order valence-electron chi connectivity index (χ4n) is 5.55. The minimum Gasteiger partial charge on any atom is -0.338 e. The molecule has 1 aromatic rings. The molecular formula is C24H38N4O3S. The van der Waals surface area contributed by atoms with Crippen LogP contribution in [-0.2, 0) is 10.0 Å². The van der Waals surface area contributed by atoms with Crippen molar-refractivity contribution in [2.75, 3.05) is 45.0 Å². The number of carbonyl (C=O) groups is 1. The Bertz CT molecular complexity index is 898. The van der Waals surface area contributed by atoms with Gasteiger partial charge in [-0.2, -0.15) is 0 Å². The van der Waals surface area contributed by atoms with Gasteiger partial charge in [0, 0.05) is 43.8 Å². The summed E-state index contributed by atoms with van der Waals surface area (Å²) in [7, 11) is -3.16. The van der Waals surface area contributed by atoms with E-state index >= 15 is 0 Å². The van der Waals surface area contributed by atoms with Crippen molar-refractivity contribution in [3.63, 3.8) is 0 Å². The van der Waals surface area contributed by atoms with Crippen LogP contribution in [0.2, 0.25) is 0 Å². The van der Waals surface area contributed by atoms with Crippen molar-refractivity contribution in [2.24, 2.45) is 0 Å². The molecule has 0 saturated carbocycles. The average molecular weight is 463 g/mol. The molecule has 178 valence electrons. The van der Waals surface area contributed by atoms with Gasteiger partial charge in [0.2, 0.25) is 10.0 Å². The van der Waals surface area contributed by atoms with Gasteiger partial charge in [-0.25, -0.2) is 12.7 Å². The number of aromatic nitrogens is 1. The summed E-state index contributed by atoms with van der Waals surface area (Å²) in [6.07, 6.45) is 7.48. The molecule has 3 aliphatic rings. The van der Waals surface area contributed by atoms with Crippen molar-refractivity contribution in [1.82, 2.24) is 19.1 Å². The molecule has 0 unspecified atom stereocenters. The van der Waals surface area contributed by atoms with Gasteiger partial charge in [0.05, 0.1) is 17.0 Å². The van der Waals surface area contributed by atoms with Crippen molar-refractivity contribution in [3.8, 4) is 0 Å². The third-order valence-electron chi connectivity index (χ3n) is 7.55. The Labute approximate surface area is 193 Å². The molecule has 1 amide bonds. The van der Waals surface area contributed by atoms with Crippen molar-refractivity contribution >= 4 is 15.9 Å². The van der Waals surface area contributed by atoms with E-state index in [0.717, 1.165) is 37.3 Å². The highest BCUT2D eigenvalue weighted by Crippen LogP contribution is 2.32. The predicted molar refractivity (Wildman–Crippen MR) is 126 cm³/mol. The standard InChI is InChI=1S/C24H38N4O3S/c1-3-32(30,31)28-17-9-20(10-18-28)23-22(8-7-19(2)25-23)24(29)27-15-11-21(12-16-27)26-13-5-4-6-14-26/h7-8,20-21H,3-6,9-18H2,1-2H3. The third-order valence-corrected chi connectivity index (χ3v) is 9.43. The molecular weight excluding hydrogens is 424 g/mol. The Morgan fingerprint density at radius 1 is 0.969 bits per heavy atom. The first-order valence-electron chi connectivity index (χ1n) is 12.4. The minimum atomic E-state index is -3.16.